The highest BCUT2D eigenvalue weighted by Gasteiger charge is 2.17. The van der Waals surface area contributed by atoms with E-state index in [1.165, 1.54) is 0 Å². The van der Waals surface area contributed by atoms with Gasteiger partial charge in [-0.1, -0.05) is 39.5 Å². The number of thiazole rings is 1. The molecule has 112 valence electrons. The maximum Gasteiger partial charge on any atom is 0.142 e. The van der Waals surface area contributed by atoms with Crippen molar-refractivity contribution < 1.29 is 4.74 Å². The van der Waals surface area contributed by atoms with Crippen LogP contribution in [0.4, 0.5) is 5.69 Å². The van der Waals surface area contributed by atoms with Crippen molar-refractivity contribution in [3.8, 4) is 5.75 Å². The maximum atomic E-state index is 6.01. The zero-order valence-electron chi connectivity index (χ0n) is 12.8. The van der Waals surface area contributed by atoms with Crippen LogP contribution in [0.25, 0.3) is 0 Å². The molecule has 1 aromatic carbocycles. The first kappa shape index (κ1) is 15.6. The van der Waals surface area contributed by atoms with Crippen LogP contribution in [0, 0.1) is 0 Å². The quantitative estimate of drug-likeness (QED) is 0.666. The summed E-state index contributed by atoms with van der Waals surface area (Å²) in [6.45, 7) is 10.6. The van der Waals surface area contributed by atoms with E-state index in [4.69, 9.17) is 15.5 Å². The minimum Gasteiger partial charge on any atom is -0.487 e. The van der Waals surface area contributed by atoms with E-state index >= 15 is 0 Å². The molecule has 2 rings (SSSR count). The van der Waals surface area contributed by atoms with Crippen LogP contribution in [0.1, 0.15) is 37.0 Å². The minimum absolute atomic E-state index is 0.0934. The van der Waals surface area contributed by atoms with E-state index in [-0.39, 0.29) is 5.41 Å². The number of hydrogen-bond donors (Lipinski definition) is 1. The van der Waals surface area contributed by atoms with Gasteiger partial charge in [-0.25, -0.2) is 4.98 Å². The van der Waals surface area contributed by atoms with E-state index in [1.54, 1.807) is 17.4 Å². The Hall–Kier alpha value is -1.81. The first-order valence-corrected chi connectivity index (χ1v) is 7.85. The van der Waals surface area contributed by atoms with Crippen molar-refractivity contribution in [2.45, 2.75) is 32.6 Å². The van der Waals surface area contributed by atoms with Gasteiger partial charge in [0, 0.05) is 17.2 Å². The predicted molar refractivity (Wildman–Crippen MR) is 90.2 cm³/mol. The van der Waals surface area contributed by atoms with Crippen molar-refractivity contribution in [1.82, 2.24) is 4.98 Å². The second kappa shape index (κ2) is 6.31. The van der Waals surface area contributed by atoms with Crippen molar-refractivity contribution in [2.75, 3.05) is 12.3 Å². The molecule has 0 atom stereocenters. The summed E-state index contributed by atoms with van der Waals surface area (Å²) >= 11 is 1.70. The average molecular weight is 302 g/mol. The number of aromatic nitrogens is 1. The van der Waals surface area contributed by atoms with Gasteiger partial charge in [-0.2, -0.15) is 0 Å². The summed E-state index contributed by atoms with van der Waals surface area (Å²) in [5, 5.41) is 3.25. The van der Waals surface area contributed by atoms with Gasteiger partial charge in [-0.05, 0) is 17.7 Å². The molecule has 0 aliphatic heterocycles. The molecule has 2 aromatic rings. The Balaban J connectivity index is 2.11. The molecule has 21 heavy (non-hydrogen) atoms. The third-order valence-corrected chi connectivity index (χ3v) is 3.96. The zero-order chi connectivity index (χ0) is 15.5. The van der Waals surface area contributed by atoms with Gasteiger partial charge < -0.3 is 10.5 Å². The second-order valence-electron chi connectivity index (χ2n) is 6.03. The molecule has 0 aliphatic carbocycles. The Morgan fingerprint density at radius 3 is 2.71 bits per heavy atom. The molecule has 0 saturated carbocycles. The number of anilines is 1. The van der Waals surface area contributed by atoms with E-state index in [1.807, 2.05) is 18.2 Å². The fourth-order valence-electron chi connectivity index (χ4n) is 1.90. The van der Waals surface area contributed by atoms with Crippen molar-refractivity contribution >= 4 is 17.0 Å². The van der Waals surface area contributed by atoms with Crippen LogP contribution in [0.2, 0.25) is 0 Å². The van der Waals surface area contributed by atoms with Crippen LogP contribution >= 0.6 is 11.3 Å². The summed E-state index contributed by atoms with van der Waals surface area (Å²) in [6.07, 6.45) is 2.50. The van der Waals surface area contributed by atoms with E-state index in [0.29, 0.717) is 18.0 Å². The molecule has 0 radical (unpaired) electrons. The van der Waals surface area contributed by atoms with Crippen molar-refractivity contribution in [3.05, 3.63) is 52.5 Å². The summed E-state index contributed by atoms with van der Waals surface area (Å²) in [5.74, 6) is 0.702. The minimum atomic E-state index is 0.0934. The smallest absolute Gasteiger partial charge is 0.142 e. The zero-order valence-corrected chi connectivity index (χ0v) is 13.7. The fraction of sp³-hybridized carbons (Fsp3) is 0.353. The maximum absolute atomic E-state index is 6.01. The summed E-state index contributed by atoms with van der Waals surface area (Å²) < 4.78 is 5.48. The predicted octanol–water partition coefficient (Wildman–Crippen LogP) is 4.18. The number of nitrogen functional groups attached to an aromatic ring is 1. The molecule has 0 bridgehead atoms. The van der Waals surface area contributed by atoms with Crippen LogP contribution in [-0.2, 0) is 11.8 Å². The number of nitrogens with two attached hydrogens (primary N) is 1. The summed E-state index contributed by atoms with van der Waals surface area (Å²) in [4.78, 5) is 4.71. The summed E-state index contributed by atoms with van der Waals surface area (Å²) in [6, 6.07) is 5.90. The molecule has 3 nitrogen and oxygen atoms in total. The Morgan fingerprint density at radius 2 is 2.14 bits per heavy atom. The monoisotopic (exact) mass is 302 g/mol. The van der Waals surface area contributed by atoms with Gasteiger partial charge in [0.05, 0.1) is 16.4 Å². The molecule has 0 saturated heterocycles. The number of hydrogen-bond acceptors (Lipinski definition) is 4. The highest BCUT2D eigenvalue weighted by atomic mass is 32.1. The molecule has 1 heterocycles. The first-order valence-electron chi connectivity index (χ1n) is 6.97. The average Bonchev–Trinajstić information content (AvgIpc) is 2.86. The van der Waals surface area contributed by atoms with Crippen molar-refractivity contribution in [1.29, 1.82) is 0 Å². The normalized spacial score (nSPS) is 11.4. The molecular weight excluding hydrogens is 280 g/mol. The van der Waals surface area contributed by atoms with Gasteiger partial charge in [0.15, 0.2) is 0 Å². The number of ether oxygens (including phenoxy) is 1. The lowest BCUT2D eigenvalue weighted by molar-refractivity contribution is 0.365. The molecule has 0 fully saturated rings. The topological polar surface area (TPSA) is 48.1 Å². The van der Waals surface area contributed by atoms with Crippen LogP contribution in [0.5, 0.6) is 5.75 Å². The molecule has 0 spiro atoms. The van der Waals surface area contributed by atoms with E-state index in [2.05, 4.69) is 32.7 Å². The van der Waals surface area contributed by atoms with Gasteiger partial charge in [0.25, 0.3) is 0 Å². The standard InChI is InChI=1S/C17H22N2OS/c1-5-8-20-14-7-6-12(9-13(14)18)10-16-19-15(11-21-16)17(2,3)4/h5-7,9,11H,1,8,10,18H2,2-4H3. The number of rotatable bonds is 5. The Kier molecular flexibility index (Phi) is 4.68. The Labute approximate surface area is 130 Å². The van der Waals surface area contributed by atoms with Gasteiger partial charge in [-0.15, -0.1) is 11.3 Å². The molecule has 0 unspecified atom stereocenters. The lowest BCUT2D eigenvalue weighted by atomic mass is 9.93. The van der Waals surface area contributed by atoms with Crippen LogP contribution < -0.4 is 10.5 Å². The fourth-order valence-corrected chi connectivity index (χ4v) is 2.95. The van der Waals surface area contributed by atoms with Crippen LogP contribution in [0.15, 0.2) is 36.2 Å². The SMILES string of the molecule is C=CCOc1ccc(Cc2nc(C(C)(C)C)cs2)cc1N. The molecule has 0 amide bonds. The number of nitrogens with zero attached hydrogens (tertiary/aromatic N) is 1. The Morgan fingerprint density at radius 1 is 1.38 bits per heavy atom. The third-order valence-electron chi connectivity index (χ3n) is 3.11. The molecular formula is C17H22N2OS. The first-order chi connectivity index (χ1) is 9.90. The number of benzene rings is 1. The summed E-state index contributed by atoms with van der Waals surface area (Å²) in [5.41, 5.74) is 9.05. The molecule has 1 aromatic heterocycles. The summed E-state index contributed by atoms with van der Waals surface area (Å²) in [7, 11) is 0. The van der Waals surface area contributed by atoms with Crippen LogP contribution in [-0.4, -0.2) is 11.6 Å². The van der Waals surface area contributed by atoms with Gasteiger partial charge in [-0.3, -0.25) is 0 Å². The van der Waals surface area contributed by atoms with Gasteiger partial charge in [0.2, 0.25) is 0 Å². The van der Waals surface area contributed by atoms with Crippen molar-refractivity contribution in [3.63, 3.8) is 0 Å². The highest BCUT2D eigenvalue weighted by Crippen LogP contribution is 2.27. The molecule has 2 N–H and O–H groups in total. The van der Waals surface area contributed by atoms with E-state index < -0.39 is 0 Å². The third kappa shape index (κ3) is 4.08. The Bertz CT molecular complexity index is 626. The highest BCUT2D eigenvalue weighted by molar-refractivity contribution is 7.09. The molecule has 0 aliphatic rings. The van der Waals surface area contributed by atoms with Gasteiger partial charge in [0.1, 0.15) is 12.4 Å². The largest absolute Gasteiger partial charge is 0.487 e. The van der Waals surface area contributed by atoms with Crippen molar-refractivity contribution in [2.24, 2.45) is 0 Å². The van der Waals surface area contributed by atoms with E-state index in [9.17, 15) is 0 Å². The van der Waals surface area contributed by atoms with E-state index in [0.717, 1.165) is 22.7 Å². The lowest BCUT2D eigenvalue weighted by Crippen LogP contribution is -2.11. The van der Waals surface area contributed by atoms with Gasteiger partial charge >= 0.3 is 0 Å². The lowest BCUT2D eigenvalue weighted by Gasteiger charge is -2.14. The van der Waals surface area contributed by atoms with Crippen LogP contribution in [0.3, 0.4) is 0 Å². The molecule has 4 heteroatoms. The second-order valence-corrected chi connectivity index (χ2v) is 6.97.